The lowest BCUT2D eigenvalue weighted by Crippen LogP contribution is -2.46. The summed E-state index contributed by atoms with van der Waals surface area (Å²) < 4.78 is 44.4. The van der Waals surface area contributed by atoms with Crippen molar-refractivity contribution in [3.8, 4) is 0 Å². The van der Waals surface area contributed by atoms with Crippen LogP contribution in [0.1, 0.15) is 59.2 Å². The van der Waals surface area contributed by atoms with E-state index < -0.39 is 23.2 Å². The Balaban J connectivity index is 1.29. The average Bonchev–Trinajstić information content (AvgIpc) is 3.35. The molecule has 0 aromatic heterocycles. The van der Waals surface area contributed by atoms with Gasteiger partial charge in [0, 0.05) is 37.8 Å². The zero-order chi connectivity index (χ0) is 30.5. The normalized spacial score (nSPS) is 24.7. The number of halogens is 3. The second-order valence-corrected chi connectivity index (χ2v) is 11.8. The van der Waals surface area contributed by atoms with Crippen LogP contribution in [0, 0.1) is 0 Å². The molecule has 1 aliphatic heterocycles. The number of benzene rings is 2. The summed E-state index contributed by atoms with van der Waals surface area (Å²) >= 11 is 0. The van der Waals surface area contributed by atoms with Crippen molar-refractivity contribution in [3.63, 3.8) is 0 Å². The number of ether oxygens (including phenoxy) is 1. The van der Waals surface area contributed by atoms with E-state index in [4.69, 9.17) is 4.74 Å². The first-order chi connectivity index (χ1) is 19.9. The predicted molar refractivity (Wildman–Crippen MR) is 153 cm³/mol. The van der Waals surface area contributed by atoms with E-state index in [1.165, 1.54) is 17.7 Å². The number of methoxy groups -OCH3 is 1. The second-order valence-electron chi connectivity index (χ2n) is 11.8. The highest BCUT2D eigenvalue weighted by Crippen LogP contribution is 2.38. The van der Waals surface area contributed by atoms with Gasteiger partial charge in [0.15, 0.2) is 0 Å². The van der Waals surface area contributed by atoms with Crippen LogP contribution in [0.2, 0.25) is 0 Å². The van der Waals surface area contributed by atoms with E-state index in [0.717, 1.165) is 37.1 Å². The first-order valence-corrected chi connectivity index (χ1v) is 14.3. The van der Waals surface area contributed by atoms with Crippen LogP contribution in [0.3, 0.4) is 0 Å². The summed E-state index contributed by atoms with van der Waals surface area (Å²) in [5, 5.41) is 17.5. The number of carbonyl (C=O) groups is 2. The molecule has 0 unspecified atom stereocenters. The molecule has 2 aromatic carbocycles. The summed E-state index contributed by atoms with van der Waals surface area (Å²) in [7, 11) is 5.61. The van der Waals surface area contributed by atoms with Crippen molar-refractivity contribution in [2.75, 3.05) is 40.9 Å². The fourth-order valence-corrected chi connectivity index (χ4v) is 6.06. The minimum atomic E-state index is -4.56. The van der Waals surface area contributed by atoms with Crippen LogP contribution in [0.25, 0.3) is 0 Å². The van der Waals surface area contributed by atoms with Crippen molar-refractivity contribution >= 4 is 11.8 Å². The van der Waals surface area contributed by atoms with Crippen LogP contribution in [0.4, 0.5) is 13.2 Å². The molecule has 8 nitrogen and oxygen atoms in total. The zero-order valence-corrected chi connectivity index (χ0v) is 24.4. The summed E-state index contributed by atoms with van der Waals surface area (Å²) in [6, 6.07) is 12.3. The van der Waals surface area contributed by atoms with E-state index in [0.29, 0.717) is 32.4 Å². The van der Waals surface area contributed by atoms with Gasteiger partial charge in [0.2, 0.25) is 5.91 Å². The number of amides is 2. The molecule has 3 N–H and O–H groups in total. The molecule has 0 radical (unpaired) electrons. The van der Waals surface area contributed by atoms with Gasteiger partial charge < -0.3 is 30.3 Å². The number of nitrogens with one attached hydrogen (secondary N) is 2. The first-order valence-electron chi connectivity index (χ1n) is 14.3. The third kappa shape index (κ3) is 8.09. The van der Waals surface area contributed by atoms with Crippen molar-refractivity contribution in [3.05, 3.63) is 70.8 Å². The zero-order valence-electron chi connectivity index (χ0n) is 24.4. The van der Waals surface area contributed by atoms with Crippen LogP contribution in [0.15, 0.2) is 48.5 Å². The second kappa shape index (κ2) is 13.5. The Kier molecular flexibility index (Phi) is 10.3. The standard InChI is InChI=1S/C31H41F3N4O4/c1-37(2)18-21-7-9-23(10-8-21)30(41)13-11-25(12-14-30)36-26-16-27(20-42-3)38(19-26)28(39)17-35-29(40)22-5-4-6-24(15-22)31(32,33)34/h4-10,15,25-27,36,41H,11-14,16-20H2,1-3H3,(H,35,40)/t25?,26-,27-,30?/m0/s1. The third-order valence-electron chi connectivity index (χ3n) is 8.22. The minimum Gasteiger partial charge on any atom is -0.385 e. The van der Waals surface area contributed by atoms with E-state index in [1.807, 2.05) is 26.2 Å². The maximum Gasteiger partial charge on any atom is 0.416 e. The van der Waals surface area contributed by atoms with Gasteiger partial charge in [-0.15, -0.1) is 0 Å². The number of hydrogen-bond acceptors (Lipinski definition) is 6. The van der Waals surface area contributed by atoms with Crippen LogP contribution < -0.4 is 10.6 Å². The van der Waals surface area contributed by atoms with Gasteiger partial charge >= 0.3 is 6.18 Å². The van der Waals surface area contributed by atoms with Crippen LogP contribution in [-0.4, -0.2) is 85.7 Å². The Labute approximate surface area is 245 Å². The van der Waals surface area contributed by atoms with Crippen molar-refractivity contribution < 1.29 is 32.6 Å². The highest BCUT2D eigenvalue weighted by atomic mass is 19.4. The molecule has 2 amide bonds. The van der Waals surface area contributed by atoms with Crippen LogP contribution in [-0.2, 0) is 27.9 Å². The Bertz CT molecular complexity index is 1210. The van der Waals surface area contributed by atoms with Gasteiger partial charge in [-0.3, -0.25) is 9.59 Å². The van der Waals surface area contributed by atoms with Crippen LogP contribution >= 0.6 is 0 Å². The molecule has 42 heavy (non-hydrogen) atoms. The minimum absolute atomic E-state index is 0.0229. The SMILES string of the molecule is COC[C@@H]1C[C@H](NC2CCC(O)(c3ccc(CN(C)C)cc3)CC2)CN1C(=O)CNC(=O)c1cccc(C(F)(F)F)c1. The Morgan fingerprint density at radius 3 is 2.40 bits per heavy atom. The van der Waals surface area contributed by atoms with Gasteiger partial charge in [0.05, 0.1) is 30.4 Å². The third-order valence-corrected chi connectivity index (χ3v) is 8.22. The Hall–Kier alpha value is -2.99. The number of alkyl halides is 3. The molecule has 11 heteroatoms. The summed E-state index contributed by atoms with van der Waals surface area (Å²) in [4.78, 5) is 29.3. The summed E-state index contributed by atoms with van der Waals surface area (Å²) in [6.07, 6.45) is -1.03. The Morgan fingerprint density at radius 2 is 1.79 bits per heavy atom. The average molecular weight is 591 g/mol. The maximum absolute atomic E-state index is 13.1. The van der Waals surface area contributed by atoms with Gasteiger partial charge in [-0.2, -0.15) is 13.2 Å². The molecule has 0 spiro atoms. The lowest BCUT2D eigenvalue weighted by atomic mass is 9.77. The van der Waals surface area contributed by atoms with E-state index in [1.54, 1.807) is 12.0 Å². The Morgan fingerprint density at radius 1 is 1.10 bits per heavy atom. The topological polar surface area (TPSA) is 94.1 Å². The smallest absolute Gasteiger partial charge is 0.385 e. The molecule has 2 atom stereocenters. The number of rotatable bonds is 10. The molecule has 0 bridgehead atoms. The number of hydrogen-bond donors (Lipinski definition) is 3. The predicted octanol–water partition coefficient (Wildman–Crippen LogP) is 3.53. The molecule has 1 saturated carbocycles. The fourth-order valence-electron chi connectivity index (χ4n) is 6.06. The molecule has 2 aliphatic rings. The van der Waals surface area contributed by atoms with E-state index in [-0.39, 0.29) is 36.1 Å². The van der Waals surface area contributed by atoms with Crippen molar-refractivity contribution in [2.45, 2.75) is 68.6 Å². The van der Waals surface area contributed by atoms with Gasteiger partial charge in [0.25, 0.3) is 5.91 Å². The summed E-state index contributed by atoms with van der Waals surface area (Å²) in [6.45, 7) is 1.28. The van der Waals surface area contributed by atoms with E-state index in [9.17, 15) is 27.9 Å². The number of likely N-dealkylation sites (tertiary alicyclic amines) is 1. The fraction of sp³-hybridized carbons (Fsp3) is 0.548. The van der Waals surface area contributed by atoms with E-state index in [2.05, 4.69) is 27.7 Å². The van der Waals surface area contributed by atoms with Crippen molar-refractivity contribution in [1.82, 2.24) is 20.4 Å². The van der Waals surface area contributed by atoms with Gasteiger partial charge in [-0.25, -0.2) is 0 Å². The van der Waals surface area contributed by atoms with Crippen molar-refractivity contribution in [2.24, 2.45) is 0 Å². The molecular formula is C31H41F3N4O4. The lowest BCUT2D eigenvalue weighted by Gasteiger charge is -2.38. The molecule has 1 saturated heterocycles. The molecule has 2 fully saturated rings. The molecule has 1 aliphatic carbocycles. The highest BCUT2D eigenvalue weighted by molar-refractivity contribution is 5.96. The van der Waals surface area contributed by atoms with Crippen LogP contribution in [0.5, 0.6) is 0 Å². The van der Waals surface area contributed by atoms with Gasteiger partial charge in [0.1, 0.15) is 0 Å². The largest absolute Gasteiger partial charge is 0.416 e. The highest BCUT2D eigenvalue weighted by Gasteiger charge is 2.39. The molecular weight excluding hydrogens is 549 g/mol. The van der Waals surface area contributed by atoms with E-state index >= 15 is 0 Å². The van der Waals surface area contributed by atoms with Gasteiger partial charge in [-0.1, -0.05) is 30.3 Å². The molecule has 4 rings (SSSR count). The molecule has 230 valence electrons. The summed E-state index contributed by atoms with van der Waals surface area (Å²) in [5.74, 6) is -1.06. The number of aliphatic hydroxyl groups is 1. The maximum atomic E-state index is 13.1. The number of nitrogens with zero attached hydrogens (tertiary/aromatic N) is 2. The monoisotopic (exact) mass is 590 g/mol. The quantitative estimate of drug-likeness (QED) is 0.392. The first kappa shape index (κ1) is 31.9. The molecule has 2 aromatic rings. The molecule has 1 heterocycles. The summed E-state index contributed by atoms with van der Waals surface area (Å²) in [5.41, 5.74) is 0.198. The lowest BCUT2D eigenvalue weighted by molar-refractivity contribution is -0.137. The number of carbonyl (C=O) groups excluding carboxylic acids is 2. The van der Waals surface area contributed by atoms with Crippen molar-refractivity contribution in [1.29, 1.82) is 0 Å². The van der Waals surface area contributed by atoms with Gasteiger partial charge in [-0.05, 0) is 75.5 Å².